The summed E-state index contributed by atoms with van der Waals surface area (Å²) in [5, 5.41) is 3.93. The van der Waals surface area contributed by atoms with Crippen molar-refractivity contribution < 1.29 is 17.9 Å². The average molecular weight is 599 g/mol. The highest BCUT2D eigenvalue weighted by molar-refractivity contribution is 7.80. The van der Waals surface area contributed by atoms with Crippen LogP contribution in [-0.4, -0.2) is 14.7 Å². The Hall–Kier alpha value is -4.63. The zero-order chi connectivity index (χ0) is 30.3. The summed E-state index contributed by atoms with van der Waals surface area (Å²) in [6.45, 7) is 5.66. The van der Waals surface area contributed by atoms with Crippen molar-refractivity contribution in [2.24, 2.45) is 0 Å². The maximum Gasteiger partial charge on any atom is 0.418 e. The number of aromatic nitrogens is 2. The topological polar surface area (TPSA) is 42.3 Å². The molecule has 0 unspecified atom stereocenters. The number of ether oxygens (including phenoxy) is 1. The third-order valence-corrected chi connectivity index (χ3v) is 8.09. The van der Waals surface area contributed by atoms with Crippen molar-refractivity contribution in [3.63, 3.8) is 0 Å². The molecule has 0 amide bonds. The Bertz CT molecular complexity index is 1780. The number of nitrogens with one attached hydrogen (secondary N) is 1. The zero-order valence-corrected chi connectivity index (χ0v) is 24.6. The van der Waals surface area contributed by atoms with Crippen LogP contribution in [-0.2, 0) is 6.18 Å². The number of hydrogen-bond acceptors (Lipinski definition) is 3. The largest absolute Gasteiger partial charge is 0.457 e. The number of alkyl halides is 3. The first-order valence-electron chi connectivity index (χ1n) is 13.8. The molecule has 0 saturated carbocycles. The molecule has 0 radical (unpaired) electrons. The molecule has 2 atom stereocenters. The Labute approximate surface area is 253 Å². The van der Waals surface area contributed by atoms with Crippen molar-refractivity contribution in [2.45, 2.75) is 39.0 Å². The van der Waals surface area contributed by atoms with Crippen LogP contribution in [0.25, 0.3) is 5.69 Å². The van der Waals surface area contributed by atoms with Gasteiger partial charge < -0.3 is 19.5 Å². The zero-order valence-electron chi connectivity index (χ0n) is 23.8. The molecule has 3 heterocycles. The number of thiocarbonyl (C=S) groups is 1. The summed E-state index contributed by atoms with van der Waals surface area (Å²) < 4.78 is 49.9. The Morgan fingerprint density at radius 2 is 1.56 bits per heavy atom. The SMILES string of the molecule is Cc1ccccc1Oc1ccc(N2C(=S)N[C@@H](c3ccccn3)[C@H]2c2cc(C)n(-c3ccccc3C(F)(F)F)c2C)cc1. The van der Waals surface area contributed by atoms with Gasteiger partial charge in [0.1, 0.15) is 11.5 Å². The quantitative estimate of drug-likeness (QED) is 0.198. The Kier molecular flexibility index (Phi) is 7.43. The summed E-state index contributed by atoms with van der Waals surface area (Å²) in [4.78, 5) is 6.62. The highest BCUT2D eigenvalue weighted by atomic mass is 32.1. The number of pyridine rings is 1. The molecule has 0 bridgehead atoms. The van der Waals surface area contributed by atoms with Crippen LogP contribution in [0, 0.1) is 20.8 Å². The lowest BCUT2D eigenvalue weighted by Crippen LogP contribution is -2.29. The third kappa shape index (κ3) is 5.36. The van der Waals surface area contributed by atoms with E-state index in [2.05, 4.69) is 10.3 Å². The van der Waals surface area contributed by atoms with Crippen LogP contribution in [0.1, 0.15) is 45.9 Å². The molecule has 218 valence electrons. The van der Waals surface area contributed by atoms with Crippen molar-refractivity contribution in [3.05, 3.63) is 137 Å². The van der Waals surface area contributed by atoms with Gasteiger partial charge in [-0.05, 0) is 105 Å². The summed E-state index contributed by atoms with van der Waals surface area (Å²) in [5.74, 6) is 1.45. The molecule has 1 aliphatic heterocycles. The number of nitrogens with zero attached hydrogens (tertiary/aromatic N) is 3. The Morgan fingerprint density at radius 1 is 0.860 bits per heavy atom. The van der Waals surface area contributed by atoms with E-state index in [0.29, 0.717) is 22.2 Å². The van der Waals surface area contributed by atoms with E-state index >= 15 is 0 Å². The van der Waals surface area contributed by atoms with Gasteiger partial charge in [0, 0.05) is 23.3 Å². The standard InChI is InChI=1S/C34H29F3N4OS/c1-21-10-4-7-14-30(21)42-25-17-15-24(16-18-25)41-32(31(39-33(41)43)28-12-8-9-19-38-28)26-20-22(2)40(23(26)3)29-13-6-5-11-27(29)34(35,36)37/h4-20,31-32H,1-3H3,(H,39,43)/t31-,32+/m0/s1. The molecule has 1 fully saturated rings. The minimum absolute atomic E-state index is 0.0865. The lowest BCUT2D eigenvalue weighted by Gasteiger charge is -2.28. The van der Waals surface area contributed by atoms with Crippen LogP contribution >= 0.6 is 12.2 Å². The smallest absolute Gasteiger partial charge is 0.418 e. The van der Waals surface area contributed by atoms with Crippen molar-refractivity contribution >= 4 is 23.0 Å². The monoisotopic (exact) mass is 598 g/mol. The van der Waals surface area contributed by atoms with Gasteiger partial charge in [-0.3, -0.25) is 4.98 Å². The summed E-state index contributed by atoms with van der Waals surface area (Å²) in [6.07, 6.45) is -2.78. The molecule has 1 N–H and O–H groups in total. The second-order valence-corrected chi connectivity index (χ2v) is 10.9. The normalized spacial score (nSPS) is 16.8. The maximum atomic E-state index is 14.0. The fourth-order valence-corrected chi connectivity index (χ4v) is 6.13. The molecule has 1 aliphatic rings. The third-order valence-electron chi connectivity index (χ3n) is 7.77. The second kappa shape index (κ2) is 11.2. The second-order valence-electron chi connectivity index (χ2n) is 10.5. The first-order valence-corrected chi connectivity index (χ1v) is 14.2. The number of anilines is 1. The van der Waals surface area contributed by atoms with E-state index < -0.39 is 11.7 Å². The van der Waals surface area contributed by atoms with Crippen LogP contribution in [0.5, 0.6) is 11.5 Å². The molecular formula is C34H29F3N4OS. The molecule has 2 aromatic heterocycles. The maximum absolute atomic E-state index is 14.0. The number of hydrogen-bond donors (Lipinski definition) is 1. The van der Waals surface area contributed by atoms with Crippen molar-refractivity contribution in [1.29, 1.82) is 0 Å². The van der Waals surface area contributed by atoms with Crippen LogP contribution in [0.3, 0.4) is 0 Å². The van der Waals surface area contributed by atoms with E-state index in [1.165, 1.54) is 12.1 Å². The van der Waals surface area contributed by atoms with E-state index in [1.807, 2.05) is 98.5 Å². The molecular weight excluding hydrogens is 569 g/mol. The lowest BCUT2D eigenvalue weighted by atomic mass is 9.96. The predicted octanol–water partition coefficient (Wildman–Crippen LogP) is 8.79. The number of halogens is 3. The van der Waals surface area contributed by atoms with Gasteiger partial charge in [-0.1, -0.05) is 36.4 Å². The number of para-hydroxylation sites is 2. The van der Waals surface area contributed by atoms with Crippen LogP contribution in [0.15, 0.2) is 103 Å². The van der Waals surface area contributed by atoms with E-state index in [-0.39, 0.29) is 17.8 Å². The van der Waals surface area contributed by atoms with Gasteiger partial charge in [0.15, 0.2) is 5.11 Å². The molecule has 5 nitrogen and oxygen atoms in total. The van der Waals surface area contributed by atoms with Crippen molar-refractivity contribution in [3.8, 4) is 17.2 Å². The van der Waals surface area contributed by atoms with Crippen LogP contribution in [0.4, 0.5) is 18.9 Å². The van der Waals surface area contributed by atoms with Crippen molar-refractivity contribution in [1.82, 2.24) is 14.9 Å². The van der Waals surface area contributed by atoms with Gasteiger partial charge in [-0.2, -0.15) is 13.2 Å². The van der Waals surface area contributed by atoms with E-state index in [9.17, 15) is 13.2 Å². The average Bonchev–Trinajstić information content (AvgIpc) is 3.49. The van der Waals surface area contributed by atoms with E-state index in [4.69, 9.17) is 17.0 Å². The lowest BCUT2D eigenvalue weighted by molar-refractivity contribution is -0.137. The van der Waals surface area contributed by atoms with Crippen LogP contribution < -0.4 is 15.0 Å². The molecule has 6 rings (SSSR count). The fourth-order valence-electron chi connectivity index (χ4n) is 5.79. The first kappa shape index (κ1) is 28.5. The van der Waals surface area contributed by atoms with Gasteiger partial charge in [0.25, 0.3) is 0 Å². The molecule has 0 spiro atoms. The first-order chi connectivity index (χ1) is 20.6. The Balaban J connectivity index is 1.44. The molecule has 3 aromatic carbocycles. The number of benzene rings is 3. The fraction of sp³-hybridized carbons (Fsp3) is 0.176. The molecule has 43 heavy (non-hydrogen) atoms. The van der Waals surface area contributed by atoms with Gasteiger partial charge in [-0.25, -0.2) is 0 Å². The van der Waals surface area contributed by atoms with Gasteiger partial charge in [-0.15, -0.1) is 0 Å². The highest BCUT2D eigenvalue weighted by Gasteiger charge is 2.43. The van der Waals surface area contributed by atoms with Crippen LogP contribution in [0.2, 0.25) is 0 Å². The van der Waals surface area contributed by atoms with E-state index in [0.717, 1.165) is 34.3 Å². The van der Waals surface area contributed by atoms with E-state index in [1.54, 1.807) is 16.8 Å². The number of aryl methyl sites for hydroxylation is 2. The van der Waals surface area contributed by atoms with Gasteiger partial charge >= 0.3 is 6.18 Å². The van der Waals surface area contributed by atoms with Gasteiger partial charge in [0.05, 0.1) is 29.0 Å². The highest BCUT2D eigenvalue weighted by Crippen LogP contribution is 2.45. The summed E-state index contributed by atoms with van der Waals surface area (Å²) in [7, 11) is 0. The minimum atomic E-state index is -4.50. The minimum Gasteiger partial charge on any atom is -0.457 e. The summed E-state index contributed by atoms with van der Waals surface area (Å²) in [6, 6.07) is 28.0. The molecule has 0 aliphatic carbocycles. The van der Waals surface area contributed by atoms with Crippen molar-refractivity contribution in [2.75, 3.05) is 4.90 Å². The summed E-state index contributed by atoms with van der Waals surface area (Å²) >= 11 is 5.88. The predicted molar refractivity (Wildman–Crippen MR) is 166 cm³/mol. The number of rotatable bonds is 6. The molecule has 1 saturated heterocycles. The summed E-state index contributed by atoms with van der Waals surface area (Å²) in [5.41, 5.74) is 4.24. The molecule has 9 heteroatoms. The molecule has 5 aromatic rings. The Morgan fingerprint density at radius 3 is 2.26 bits per heavy atom. The van der Waals surface area contributed by atoms with Gasteiger partial charge in [0.2, 0.25) is 0 Å².